The number of likely N-dealkylation sites (tertiary alicyclic amines) is 2. The molecule has 14 heteroatoms. The SMILES string of the molecule is CC(C)C(=O)N[C@@H](Cc1ccccc1)C(=O)N1CCC(Cn2cncn2)(c2ccccc2)CC1.CC(C)C(=O)N[C@@H](Cc1ccccc1)C(=O)N1CCC(Cn2cncn2)(c2ccccc2)CC1. The second-order valence-corrected chi connectivity index (χ2v) is 18.9. The average molecular weight is 919 g/mol. The molecule has 4 heterocycles. The molecule has 0 bridgehead atoms. The van der Waals surface area contributed by atoms with E-state index in [0.29, 0.717) is 39.0 Å². The Labute approximate surface area is 400 Å². The minimum absolute atomic E-state index is 0.0136. The molecule has 0 radical (unpaired) electrons. The lowest BCUT2D eigenvalue weighted by Gasteiger charge is -2.43. The van der Waals surface area contributed by atoms with Gasteiger partial charge in [0.25, 0.3) is 0 Å². The third-order valence-corrected chi connectivity index (χ3v) is 13.5. The number of nitrogens with zero attached hydrogens (tertiary/aromatic N) is 8. The van der Waals surface area contributed by atoms with Crippen LogP contribution < -0.4 is 10.6 Å². The number of aromatic nitrogens is 6. The molecular formula is C54H66N10O4. The molecule has 6 aromatic rings. The zero-order chi connectivity index (χ0) is 47.9. The molecule has 0 saturated carbocycles. The van der Waals surface area contributed by atoms with E-state index in [2.05, 4.69) is 79.3 Å². The Hall–Kier alpha value is -6.96. The predicted octanol–water partition coefficient (Wildman–Crippen LogP) is 6.44. The molecule has 0 unspecified atom stereocenters. The molecule has 68 heavy (non-hydrogen) atoms. The lowest BCUT2D eigenvalue weighted by atomic mass is 9.72. The van der Waals surface area contributed by atoms with Crippen LogP contribution in [0.15, 0.2) is 147 Å². The van der Waals surface area contributed by atoms with Gasteiger partial charge in [0.15, 0.2) is 0 Å². The summed E-state index contributed by atoms with van der Waals surface area (Å²) in [4.78, 5) is 64.3. The van der Waals surface area contributed by atoms with Gasteiger partial charge in [-0.15, -0.1) is 0 Å². The van der Waals surface area contributed by atoms with E-state index in [9.17, 15) is 19.2 Å². The topological polar surface area (TPSA) is 160 Å². The molecule has 14 nitrogen and oxygen atoms in total. The lowest BCUT2D eigenvalue weighted by molar-refractivity contribution is -0.138. The Morgan fingerprint density at radius 3 is 1.12 bits per heavy atom. The van der Waals surface area contributed by atoms with Crippen molar-refractivity contribution in [3.63, 3.8) is 0 Å². The van der Waals surface area contributed by atoms with E-state index in [0.717, 1.165) is 49.9 Å². The largest absolute Gasteiger partial charge is 0.344 e. The predicted molar refractivity (Wildman–Crippen MR) is 262 cm³/mol. The highest BCUT2D eigenvalue weighted by molar-refractivity contribution is 5.89. The van der Waals surface area contributed by atoms with Crippen molar-refractivity contribution in [3.05, 3.63) is 169 Å². The van der Waals surface area contributed by atoms with Crippen LogP contribution in [0.25, 0.3) is 0 Å². The zero-order valence-electron chi connectivity index (χ0n) is 39.9. The maximum Gasteiger partial charge on any atom is 0.245 e. The smallest absolute Gasteiger partial charge is 0.245 e. The fourth-order valence-corrected chi connectivity index (χ4v) is 9.44. The van der Waals surface area contributed by atoms with Gasteiger partial charge < -0.3 is 20.4 Å². The van der Waals surface area contributed by atoms with Gasteiger partial charge in [0, 0.05) is 61.7 Å². The summed E-state index contributed by atoms with van der Waals surface area (Å²) in [5.41, 5.74) is 4.33. The van der Waals surface area contributed by atoms with Crippen LogP contribution in [0.1, 0.15) is 75.6 Å². The maximum atomic E-state index is 13.6. The molecule has 2 aromatic heterocycles. The van der Waals surface area contributed by atoms with E-state index in [1.807, 2.05) is 120 Å². The summed E-state index contributed by atoms with van der Waals surface area (Å²) in [6.07, 6.45) is 10.9. The Balaban J connectivity index is 0.000000201. The standard InChI is InChI=1S/2C27H33N5O2/c2*1-21(2)25(33)30-24(17-22-9-5-3-6-10-22)26(34)31-15-13-27(14-16-31,18-32-20-28-19-29-32)23-11-7-4-8-12-23/h2*3-12,19-21,24H,13-18H2,1-2H3,(H,30,33)/t2*24-/m00/s1. The summed E-state index contributed by atoms with van der Waals surface area (Å²) in [6.45, 7) is 11.3. The van der Waals surface area contributed by atoms with Gasteiger partial charge in [0.1, 0.15) is 37.4 Å². The molecule has 0 spiro atoms. The molecule has 2 atom stereocenters. The average Bonchev–Trinajstić information content (AvgIpc) is 4.10. The van der Waals surface area contributed by atoms with Crippen LogP contribution in [0.4, 0.5) is 0 Å². The number of carbonyl (C=O) groups excluding carboxylic acids is 4. The first-order valence-corrected chi connectivity index (χ1v) is 24.0. The van der Waals surface area contributed by atoms with Gasteiger partial charge >= 0.3 is 0 Å². The molecule has 0 aliphatic carbocycles. The number of benzene rings is 4. The van der Waals surface area contributed by atoms with Crippen molar-refractivity contribution in [2.24, 2.45) is 11.8 Å². The van der Waals surface area contributed by atoms with Gasteiger partial charge in [-0.05, 0) is 47.9 Å². The van der Waals surface area contributed by atoms with E-state index in [-0.39, 0.29) is 46.3 Å². The number of nitrogens with one attached hydrogen (secondary N) is 2. The second-order valence-electron chi connectivity index (χ2n) is 18.9. The Bertz CT molecular complexity index is 2290. The molecule has 2 aliphatic heterocycles. The molecule has 8 rings (SSSR count). The van der Waals surface area contributed by atoms with E-state index >= 15 is 0 Å². The van der Waals surface area contributed by atoms with Crippen molar-refractivity contribution < 1.29 is 19.2 Å². The van der Waals surface area contributed by atoms with Crippen molar-refractivity contribution in [1.82, 2.24) is 50.0 Å². The summed E-state index contributed by atoms with van der Waals surface area (Å²) >= 11 is 0. The van der Waals surface area contributed by atoms with Crippen molar-refractivity contribution in [1.29, 1.82) is 0 Å². The Morgan fingerprint density at radius 1 is 0.500 bits per heavy atom. The molecule has 4 amide bonds. The highest BCUT2D eigenvalue weighted by Crippen LogP contribution is 2.39. The van der Waals surface area contributed by atoms with Crippen molar-refractivity contribution in [2.45, 2.75) is 102 Å². The number of carbonyl (C=O) groups is 4. The maximum absolute atomic E-state index is 13.6. The fourth-order valence-electron chi connectivity index (χ4n) is 9.44. The summed E-state index contributed by atoms with van der Waals surface area (Å²) in [6, 6.07) is 39.5. The van der Waals surface area contributed by atoms with E-state index in [4.69, 9.17) is 0 Å². The molecule has 356 valence electrons. The van der Waals surface area contributed by atoms with Crippen molar-refractivity contribution in [3.8, 4) is 0 Å². The molecule has 4 aromatic carbocycles. The normalized spacial score (nSPS) is 16.3. The number of rotatable bonds is 16. The summed E-state index contributed by atoms with van der Waals surface area (Å²) < 4.78 is 3.76. The van der Waals surface area contributed by atoms with Crippen LogP contribution in [0.5, 0.6) is 0 Å². The van der Waals surface area contributed by atoms with Crippen LogP contribution in [0, 0.1) is 11.8 Å². The first-order chi connectivity index (χ1) is 32.9. The molecule has 2 N–H and O–H groups in total. The third kappa shape index (κ3) is 12.7. The Kier molecular flexibility index (Phi) is 16.7. The highest BCUT2D eigenvalue weighted by atomic mass is 16.2. The highest BCUT2D eigenvalue weighted by Gasteiger charge is 2.41. The molecule has 2 saturated heterocycles. The zero-order valence-corrected chi connectivity index (χ0v) is 39.9. The third-order valence-electron chi connectivity index (χ3n) is 13.5. The van der Waals surface area contributed by atoms with Crippen LogP contribution in [-0.4, -0.2) is 101 Å². The second kappa shape index (κ2) is 23.2. The minimum atomic E-state index is -0.572. The van der Waals surface area contributed by atoms with Gasteiger partial charge in [-0.25, -0.2) is 9.97 Å². The Morgan fingerprint density at radius 2 is 0.824 bits per heavy atom. The summed E-state index contributed by atoms with van der Waals surface area (Å²) in [5.74, 6) is -0.588. The van der Waals surface area contributed by atoms with Crippen LogP contribution in [-0.2, 0) is 55.9 Å². The van der Waals surface area contributed by atoms with Crippen molar-refractivity contribution in [2.75, 3.05) is 26.2 Å². The summed E-state index contributed by atoms with van der Waals surface area (Å²) in [5, 5.41) is 14.7. The lowest BCUT2D eigenvalue weighted by Crippen LogP contribution is -2.54. The first kappa shape index (κ1) is 49.0. The van der Waals surface area contributed by atoms with Crippen molar-refractivity contribution >= 4 is 23.6 Å². The first-order valence-electron chi connectivity index (χ1n) is 24.0. The van der Waals surface area contributed by atoms with Gasteiger partial charge in [-0.2, -0.15) is 10.2 Å². The van der Waals surface area contributed by atoms with E-state index in [1.165, 1.54) is 11.1 Å². The monoisotopic (exact) mass is 919 g/mol. The van der Waals surface area contributed by atoms with Crippen LogP contribution >= 0.6 is 0 Å². The quantitative estimate of drug-likeness (QED) is 0.112. The van der Waals surface area contributed by atoms with Gasteiger partial charge in [0.2, 0.25) is 23.6 Å². The van der Waals surface area contributed by atoms with Gasteiger partial charge in [-0.1, -0.05) is 149 Å². The molecule has 2 aliphatic rings. The fraction of sp³-hybridized carbons (Fsp3) is 0.407. The van der Waals surface area contributed by atoms with E-state index < -0.39 is 12.1 Å². The molecule has 2 fully saturated rings. The number of amides is 4. The molecular weight excluding hydrogens is 853 g/mol. The van der Waals surface area contributed by atoms with Gasteiger partial charge in [-0.3, -0.25) is 28.5 Å². The number of piperidine rings is 2. The van der Waals surface area contributed by atoms with Crippen LogP contribution in [0.2, 0.25) is 0 Å². The van der Waals surface area contributed by atoms with Gasteiger partial charge in [0.05, 0.1) is 13.1 Å². The number of hydrogen-bond donors (Lipinski definition) is 2. The van der Waals surface area contributed by atoms with Crippen LogP contribution in [0.3, 0.4) is 0 Å². The minimum Gasteiger partial charge on any atom is -0.344 e. The summed E-state index contributed by atoms with van der Waals surface area (Å²) in [7, 11) is 0. The van der Waals surface area contributed by atoms with E-state index in [1.54, 1.807) is 25.3 Å². The number of hydrogen-bond acceptors (Lipinski definition) is 8.